The summed E-state index contributed by atoms with van der Waals surface area (Å²) in [5.74, 6) is -0.546. The normalized spacial score (nSPS) is 22.8. The third-order valence-electron chi connectivity index (χ3n) is 6.23. The van der Waals surface area contributed by atoms with Crippen LogP contribution in [0.4, 0.5) is 0 Å². The zero-order valence-electron chi connectivity index (χ0n) is 16.3. The third kappa shape index (κ3) is 3.08. The number of nitrogens with one attached hydrogen (secondary N) is 2. The van der Waals surface area contributed by atoms with Gasteiger partial charge in [0, 0.05) is 11.3 Å². The van der Waals surface area contributed by atoms with E-state index in [-0.39, 0.29) is 11.5 Å². The molecule has 0 aromatic carbocycles. The van der Waals surface area contributed by atoms with Crippen LogP contribution in [0.25, 0.3) is 0 Å². The fourth-order valence-corrected chi connectivity index (χ4v) is 6.03. The average molecular weight is 417 g/mol. The maximum atomic E-state index is 13.5. The van der Waals surface area contributed by atoms with E-state index < -0.39 is 12.0 Å². The number of rotatable bonds is 2. The number of H-pyrrole nitrogens is 1. The number of amides is 1. The Morgan fingerprint density at radius 3 is 3.00 bits per heavy atom. The molecule has 3 aliphatic heterocycles. The SMILES string of the molecule is COC(=O)C1Cc2nc[nH]c2CN1C(=O)c1cc2c(s1)C1(CCNCC1)OCC2. The molecule has 2 aromatic rings. The highest BCUT2D eigenvalue weighted by atomic mass is 32.1. The first-order valence-electron chi connectivity index (χ1n) is 9.99. The lowest BCUT2D eigenvalue weighted by atomic mass is 9.86. The molecule has 3 aliphatic rings. The molecule has 1 spiro atoms. The Morgan fingerprint density at radius 2 is 2.21 bits per heavy atom. The number of ether oxygens (including phenoxy) is 2. The monoisotopic (exact) mass is 416 g/mol. The lowest BCUT2D eigenvalue weighted by Gasteiger charge is -2.40. The Kier molecular flexibility index (Phi) is 4.68. The molecule has 9 heteroatoms. The topological polar surface area (TPSA) is 96.5 Å². The van der Waals surface area contributed by atoms with Gasteiger partial charge >= 0.3 is 5.97 Å². The predicted molar refractivity (Wildman–Crippen MR) is 106 cm³/mol. The molecular weight excluding hydrogens is 392 g/mol. The Bertz CT molecular complexity index is 946. The van der Waals surface area contributed by atoms with Crippen molar-refractivity contribution in [3.8, 4) is 0 Å². The van der Waals surface area contributed by atoms with E-state index in [0.717, 1.165) is 43.7 Å². The number of thiophene rings is 1. The third-order valence-corrected chi connectivity index (χ3v) is 7.58. The van der Waals surface area contributed by atoms with Gasteiger partial charge in [-0.05, 0) is 44.0 Å². The van der Waals surface area contributed by atoms with Crippen LogP contribution in [0.3, 0.4) is 0 Å². The Labute approximate surface area is 172 Å². The zero-order chi connectivity index (χ0) is 20.0. The number of aromatic nitrogens is 2. The quantitative estimate of drug-likeness (QED) is 0.718. The van der Waals surface area contributed by atoms with Crippen molar-refractivity contribution in [2.24, 2.45) is 0 Å². The average Bonchev–Trinajstić information content (AvgIpc) is 3.40. The smallest absolute Gasteiger partial charge is 0.329 e. The summed E-state index contributed by atoms with van der Waals surface area (Å²) in [6.45, 7) is 2.84. The molecule has 2 aromatic heterocycles. The molecule has 1 saturated heterocycles. The Hall–Kier alpha value is -2.23. The minimum absolute atomic E-state index is 0.135. The summed E-state index contributed by atoms with van der Waals surface area (Å²) in [5.41, 5.74) is 2.62. The molecule has 154 valence electrons. The van der Waals surface area contributed by atoms with Crippen LogP contribution >= 0.6 is 11.3 Å². The van der Waals surface area contributed by atoms with E-state index in [0.29, 0.717) is 24.4 Å². The van der Waals surface area contributed by atoms with Crippen molar-refractivity contribution in [2.45, 2.75) is 43.9 Å². The number of hydrogen-bond acceptors (Lipinski definition) is 7. The van der Waals surface area contributed by atoms with Gasteiger partial charge in [-0.2, -0.15) is 0 Å². The predicted octanol–water partition coefficient (Wildman–Crippen LogP) is 1.36. The number of nitrogens with zero attached hydrogens (tertiary/aromatic N) is 2. The number of piperidine rings is 1. The zero-order valence-corrected chi connectivity index (χ0v) is 17.1. The molecule has 5 heterocycles. The van der Waals surface area contributed by atoms with Crippen molar-refractivity contribution >= 4 is 23.2 Å². The Balaban J connectivity index is 1.48. The van der Waals surface area contributed by atoms with Crippen molar-refractivity contribution < 1.29 is 19.1 Å². The fourth-order valence-electron chi connectivity index (χ4n) is 4.67. The lowest BCUT2D eigenvalue weighted by molar-refractivity contribution is -0.146. The first kappa shape index (κ1) is 18.8. The highest BCUT2D eigenvalue weighted by molar-refractivity contribution is 7.14. The van der Waals surface area contributed by atoms with Crippen molar-refractivity contribution in [2.75, 3.05) is 26.8 Å². The standard InChI is InChI=1S/C20H24N4O4S/c1-27-19(26)15-9-13-14(23-11-22-13)10-24(15)18(25)16-8-12-2-7-28-20(17(12)29-16)3-5-21-6-4-20/h8,11,15,21H,2-7,9-10H2,1H3,(H,22,23). The molecule has 29 heavy (non-hydrogen) atoms. The van der Waals surface area contributed by atoms with Crippen LogP contribution in [0, 0.1) is 0 Å². The van der Waals surface area contributed by atoms with E-state index in [4.69, 9.17) is 9.47 Å². The number of imidazole rings is 1. The number of esters is 1. The van der Waals surface area contributed by atoms with E-state index in [9.17, 15) is 9.59 Å². The van der Waals surface area contributed by atoms with Gasteiger partial charge in [0.2, 0.25) is 0 Å². The molecule has 0 aliphatic carbocycles. The summed E-state index contributed by atoms with van der Waals surface area (Å²) in [6, 6.07) is 1.34. The van der Waals surface area contributed by atoms with Gasteiger partial charge < -0.3 is 24.7 Å². The number of hydrogen-bond donors (Lipinski definition) is 2. The van der Waals surface area contributed by atoms with Crippen LogP contribution in [0.15, 0.2) is 12.4 Å². The summed E-state index contributed by atoms with van der Waals surface area (Å²) >= 11 is 1.53. The van der Waals surface area contributed by atoms with Gasteiger partial charge in [0.15, 0.2) is 0 Å². The molecule has 0 radical (unpaired) electrons. The molecule has 2 N–H and O–H groups in total. The van der Waals surface area contributed by atoms with Gasteiger partial charge in [0.1, 0.15) is 11.6 Å². The largest absolute Gasteiger partial charge is 0.467 e. The number of fused-ring (bicyclic) bond motifs is 3. The molecule has 0 saturated carbocycles. The van der Waals surface area contributed by atoms with Crippen LogP contribution in [0.1, 0.15) is 44.3 Å². The molecule has 1 atom stereocenters. The Morgan fingerprint density at radius 1 is 1.38 bits per heavy atom. The second kappa shape index (κ2) is 7.23. The maximum Gasteiger partial charge on any atom is 0.329 e. The number of carbonyl (C=O) groups is 2. The second-order valence-electron chi connectivity index (χ2n) is 7.81. The fraction of sp³-hybridized carbons (Fsp3) is 0.550. The van der Waals surface area contributed by atoms with E-state index in [1.54, 1.807) is 11.2 Å². The van der Waals surface area contributed by atoms with Crippen LogP contribution in [0.2, 0.25) is 0 Å². The van der Waals surface area contributed by atoms with Crippen molar-refractivity contribution in [3.05, 3.63) is 39.1 Å². The van der Waals surface area contributed by atoms with Crippen LogP contribution in [0.5, 0.6) is 0 Å². The summed E-state index contributed by atoms with van der Waals surface area (Å²) in [5, 5.41) is 3.39. The minimum Gasteiger partial charge on any atom is -0.467 e. The maximum absolute atomic E-state index is 13.5. The first-order valence-corrected chi connectivity index (χ1v) is 10.8. The molecule has 0 bridgehead atoms. The van der Waals surface area contributed by atoms with Gasteiger partial charge in [-0.15, -0.1) is 11.3 Å². The van der Waals surface area contributed by atoms with E-state index >= 15 is 0 Å². The van der Waals surface area contributed by atoms with Gasteiger partial charge in [0.25, 0.3) is 5.91 Å². The van der Waals surface area contributed by atoms with E-state index in [1.165, 1.54) is 28.9 Å². The van der Waals surface area contributed by atoms with E-state index in [1.807, 2.05) is 6.07 Å². The van der Waals surface area contributed by atoms with Crippen LogP contribution < -0.4 is 5.32 Å². The van der Waals surface area contributed by atoms with Crippen molar-refractivity contribution in [1.29, 1.82) is 0 Å². The summed E-state index contributed by atoms with van der Waals surface area (Å²) < 4.78 is 11.2. The van der Waals surface area contributed by atoms with Crippen molar-refractivity contribution in [3.63, 3.8) is 0 Å². The van der Waals surface area contributed by atoms with Gasteiger partial charge in [-0.3, -0.25) is 4.79 Å². The van der Waals surface area contributed by atoms with Gasteiger partial charge in [-0.25, -0.2) is 9.78 Å². The highest BCUT2D eigenvalue weighted by Gasteiger charge is 2.43. The molecule has 1 amide bonds. The molecule has 1 unspecified atom stereocenters. The van der Waals surface area contributed by atoms with Crippen LogP contribution in [-0.2, 0) is 39.3 Å². The lowest BCUT2D eigenvalue weighted by Crippen LogP contribution is -2.49. The highest BCUT2D eigenvalue weighted by Crippen LogP contribution is 2.44. The summed E-state index contributed by atoms with van der Waals surface area (Å²) in [6.07, 6.45) is 4.62. The summed E-state index contributed by atoms with van der Waals surface area (Å²) in [7, 11) is 1.35. The number of methoxy groups -OCH3 is 1. The molecular formula is C20H24N4O4S. The van der Waals surface area contributed by atoms with Crippen molar-refractivity contribution in [1.82, 2.24) is 20.2 Å². The second-order valence-corrected chi connectivity index (χ2v) is 8.86. The first-order chi connectivity index (χ1) is 14.1. The number of carbonyl (C=O) groups excluding carboxylic acids is 2. The van der Waals surface area contributed by atoms with Gasteiger partial charge in [0.05, 0.1) is 42.9 Å². The molecule has 8 nitrogen and oxygen atoms in total. The van der Waals surface area contributed by atoms with Crippen LogP contribution in [-0.4, -0.2) is 59.6 Å². The van der Waals surface area contributed by atoms with Gasteiger partial charge in [-0.1, -0.05) is 0 Å². The minimum atomic E-state index is -0.661. The molecule has 1 fully saturated rings. The number of aromatic amines is 1. The molecule has 5 rings (SSSR count). The summed E-state index contributed by atoms with van der Waals surface area (Å²) in [4.78, 5) is 36.7. The van der Waals surface area contributed by atoms with E-state index in [2.05, 4.69) is 15.3 Å².